The average molecular weight is 315 g/mol. The molecule has 0 spiro atoms. The van der Waals surface area contributed by atoms with E-state index in [9.17, 15) is 14.7 Å². The van der Waals surface area contributed by atoms with E-state index in [1.54, 1.807) is 6.92 Å². The number of carbonyl (C=O) groups excluding carboxylic acids is 1. The molecule has 6 heteroatoms. The highest BCUT2D eigenvalue weighted by Crippen LogP contribution is 2.30. The van der Waals surface area contributed by atoms with Gasteiger partial charge >= 0.3 is 12.0 Å². The Kier molecular flexibility index (Phi) is 5.22. The van der Waals surface area contributed by atoms with Crippen molar-refractivity contribution in [3.63, 3.8) is 0 Å². The smallest absolute Gasteiger partial charge is 0.317 e. The van der Waals surface area contributed by atoms with E-state index >= 15 is 0 Å². The molecule has 0 aromatic heterocycles. The number of nitrogens with one attached hydrogen (secondary N) is 1. The van der Waals surface area contributed by atoms with E-state index in [4.69, 9.17) is 5.26 Å². The van der Waals surface area contributed by atoms with Gasteiger partial charge in [-0.15, -0.1) is 0 Å². The SMILES string of the molecule is CC1(C(=O)O)CCN(C(=O)NC(CCC#N)c2ccccc2)C1. The zero-order chi connectivity index (χ0) is 16.9. The van der Waals surface area contributed by atoms with Gasteiger partial charge in [0, 0.05) is 19.5 Å². The Morgan fingerprint density at radius 2 is 2.13 bits per heavy atom. The highest BCUT2D eigenvalue weighted by molar-refractivity contribution is 5.79. The molecule has 6 nitrogen and oxygen atoms in total. The fourth-order valence-corrected chi connectivity index (χ4v) is 2.77. The third-order valence-corrected chi connectivity index (χ3v) is 4.32. The molecule has 23 heavy (non-hydrogen) atoms. The largest absolute Gasteiger partial charge is 0.481 e. The molecule has 0 saturated carbocycles. The van der Waals surface area contributed by atoms with Crippen molar-refractivity contribution < 1.29 is 14.7 Å². The number of nitriles is 1. The molecule has 0 aliphatic carbocycles. The van der Waals surface area contributed by atoms with Gasteiger partial charge in [0.15, 0.2) is 0 Å². The van der Waals surface area contributed by atoms with Crippen LogP contribution in [0.3, 0.4) is 0 Å². The molecule has 2 rings (SSSR count). The zero-order valence-electron chi connectivity index (χ0n) is 13.2. The standard InChI is InChI=1S/C17H21N3O3/c1-17(15(21)22)9-11-20(12-17)16(23)19-14(8-5-10-18)13-6-3-2-4-7-13/h2-4,6-7,14H,5,8-9,11-12H2,1H3,(H,19,23)(H,21,22). The number of hydrogen-bond acceptors (Lipinski definition) is 3. The fourth-order valence-electron chi connectivity index (χ4n) is 2.77. The molecular formula is C17H21N3O3. The number of amides is 2. The van der Waals surface area contributed by atoms with Crippen molar-refractivity contribution in [1.29, 1.82) is 5.26 Å². The van der Waals surface area contributed by atoms with E-state index in [2.05, 4.69) is 11.4 Å². The summed E-state index contributed by atoms with van der Waals surface area (Å²) in [4.78, 5) is 25.3. The second kappa shape index (κ2) is 7.14. The first-order chi connectivity index (χ1) is 11.0. The Morgan fingerprint density at radius 3 is 2.70 bits per heavy atom. The van der Waals surface area contributed by atoms with Crippen LogP contribution in [-0.4, -0.2) is 35.1 Å². The summed E-state index contributed by atoms with van der Waals surface area (Å²) in [7, 11) is 0. The van der Waals surface area contributed by atoms with Crippen LogP contribution in [0.5, 0.6) is 0 Å². The van der Waals surface area contributed by atoms with Crippen LogP contribution in [0.1, 0.15) is 37.8 Å². The van der Waals surface area contributed by atoms with Gasteiger partial charge in [0.1, 0.15) is 0 Å². The Labute approximate surface area is 135 Å². The normalized spacial score (nSPS) is 21.5. The fraction of sp³-hybridized carbons (Fsp3) is 0.471. The van der Waals surface area contributed by atoms with E-state index in [1.165, 1.54) is 4.90 Å². The molecule has 1 saturated heterocycles. The highest BCUT2D eigenvalue weighted by atomic mass is 16.4. The number of carboxylic acids is 1. The number of carbonyl (C=O) groups is 2. The molecule has 0 bridgehead atoms. The van der Waals surface area contributed by atoms with Crippen LogP contribution in [0, 0.1) is 16.7 Å². The van der Waals surface area contributed by atoms with Crippen molar-refractivity contribution >= 4 is 12.0 Å². The summed E-state index contributed by atoms with van der Waals surface area (Å²) in [6, 6.07) is 11.1. The second-order valence-corrected chi connectivity index (χ2v) is 6.15. The van der Waals surface area contributed by atoms with Crippen molar-refractivity contribution in [2.75, 3.05) is 13.1 Å². The van der Waals surface area contributed by atoms with Gasteiger partial charge in [0.05, 0.1) is 17.5 Å². The van der Waals surface area contributed by atoms with E-state index in [1.807, 2.05) is 30.3 Å². The summed E-state index contributed by atoms with van der Waals surface area (Å²) in [6.07, 6.45) is 1.31. The van der Waals surface area contributed by atoms with Gasteiger partial charge in [0.2, 0.25) is 0 Å². The van der Waals surface area contributed by atoms with Crippen molar-refractivity contribution in [2.24, 2.45) is 5.41 Å². The van der Waals surface area contributed by atoms with Crippen LogP contribution in [0.2, 0.25) is 0 Å². The Hall–Kier alpha value is -2.55. The lowest BCUT2D eigenvalue weighted by molar-refractivity contribution is -0.147. The number of nitrogens with zero attached hydrogens (tertiary/aromatic N) is 2. The second-order valence-electron chi connectivity index (χ2n) is 6.15. The quantitative estimate of drug-likeness (QED) is 0.873. The minimum atomic E-state index is -0.883. The van der Waals surface area contributed by atoms with E-state index in [0.717, 1.165) is 5.56 Å². The molecule has 1 aromatic rings. The Morgan fingerprint density at radius 1 is 1.43 bits per heavy atom. The Balaban J connectivity index is 2.04. The number of carboxylic acid groups (broad SMARTS) is 1. The number of benzene rings is 1. The van der Waals surface area contributed by atoms with Crippen molar-refractivity contribution in [1.82, 2.24) is 10.2 Å². The predicted octanol–water partition coefficient (Wildman–Crippen LogP) is 2.54. The number of aliphatic carboxylic acids is 1. The number of likely N-dealkylation sites (tertiary alicyclic amines) is 1. The van der Waals surface area contributed by atoms with Gasteiger partial charge in [-0.25, -0.2) is 4.79 Å². The van der Waals surface area contributed by atoms with Gasteiger partial charge in [0.25, 0.3) is 0 Å². The van der Waals surface area contributed by atoms with Crippen LogP contribution in [-0.2, 0) is 4.79 Å². The molecule has 1 aliphatic heterocycles. The summed E-state index contributed by atoms with van der Waals surface area (Å²) in [5.74, 6) is -0.878. The van der Waals surface area contributed by atoms with Gasteiger partial charge < -0.3 is 15.3 Å². The van der Waals surface area contributed by atoms with Gasteiger partial charge in [-0.3, -0.25) is 4.79 Å². The third-order valence-electron chi connectivity index (χ3n) is 4.32. The van der Waals surface area contributed by atoms with E-state index in [0.29, 0.717) is 25.8 Å². The van der Waals surface area contributed by atoms with Gasteiger partial charge in [-0.05, 0) is 25.3 Å². The predicted molar refractivity (Wildman–Crippen MR) is 84.5 cm³/mol. The molecule has 2 unspecified atom stereocenters. The molecule has 1 aliphatic rings. The summed E-state index contributed by atoms with van der Waals surface area (Å²) >= 11 is 0. The monoisotopic (exact) mass is 315 g/mol. The lowest BCUT2D eigenvalue weighted by Crippen LogP contribution is -2.42. The van der Waals surface area contributed by atoms with Crippen LogP contribution in [0.15, 0.2) is 30.3 Å². The molecule has 1 heterocycles. The first-order valence-corrected chi connectivity index (χ1v) is 7.67. The van der Waals surface area contributed by atoms with Crippen LogP contribution >= 0.6 is 0 Å². The minimum absolute atomic E-state index is 0.202. The van der Waals surface area contributed by atoms with E-state index < -0.39 is 11.4 Å². The van der Waals surface area contributed by atoms with Crippen LogP contribution < -0.4 is 5.32 Å². The topological polar surface area (TPSA) is 93.4 Å². The molecule has 0 radical (unpaired) electrons. The molecule has 2 atom stereocenters. The summed E-state index contributed by atoms with van der Waals surface area (Å²) < 4.78 is 0. The summed E-state index contributed by atoms with van der Waals surface area (Å²) in [6.45, 7) is 2.29. The first-order valence-electron chi connectivity index (χ1n) is 7.67. The minimum Gasteiger partial charge on any atom is -0.481 e. The van der Waals surface area contributed by atoms with Gasteiger partial charge in [-0.1, -0.05) is 30.3 Å². The van der Waals surface area contributed by atoms with Gasteiger partial charge in [-0.2, -0.15) is 5.26 Å². The summed E-state index contributed by atoms with van der Waals surface area (Å²) in [5.41, 5.74) is 0.0583. The molecule has 1 aromatic carbocycles. The van der Waals surface area contributed by atoms with Crippen molar-refractivity contribution in [3.05, 3.63) is 35.9 Å². The molecule has 2 N–H and O–H groups in total. The highest BCUT2D eigenvalue weighted by Gasteiger charge is 2.42. The van der Waals surface area contributed by atoms with Crippen molar-refractivity contribution in [2.45, 2.75) is 32.2 Å². The number of rotatable bonds is 5. The Bertz CT molecular complexity index is 611. The number of urea groups is 1. The zero-order valence-corrected chi connectivity index (χ0v) is 13.2. The molecule has 2 amide bonds. The maximum Gasteiger partial charge on any atom is 0.317 e. The maximum atomic E-state index is 12.4. The maximum absolute atomic E-state index is 12.4. The first kappa shape index (κ1) is 16.8. The third kappa shape index (κ3) is 4.01. The van der Waals surface area contributed by atoms with Crippen LogP contribution in [0.4, 0.5) is 4.79 Å². The molecule has 122 valence electrons. The lowest BCUT2D eigenvalue weighted by atomic mass is 9.90. The van der Waals surface area contributed by atoms with E-state index in [-0.39, 0.29) is 18.6 Å². The van der Waals surface area contributed by atoms with Crippen LogP contribution in [0.25, 0.3) is 0 Å². The number of hydrogen-bond donors (Lipinski definition) is 2. The average Bonchev–Trinajstić information content (AvgIpc) is 2.96. The van der Waals surface area contributed by atoms with Crippen molar-refractivity contribution in [3.8, 4) is 6.07 Å². The lowest BCUT2D eigenvalue weighted by Gasteiger charge is -2.24. The summed E-state index contributed by atoms with van der Waals surface area (Å²) in [5, 5.41) is 21.0. The molecular weight excluding hydrogens is 294 g/mol. The molecule has 1 fully saturated rings.